The lowest BCUT2D eigenvalue weighted by atomic mass is 10.1. The number of benzene rings is 2. The Morgan fingerprint density at radius 1 is 1.05 bits per heavy atom. The quantitative estimate of drug-likeness (QED) is 0.677. The van der Waals surface area contributed by atoms with Crippen molar-refractivity contribution in [3.63, 3.8) is 0 Å². The van der Waals surface area contributed by atoms with Crippen LogP contribution in [0.5, 0.6) is 11.6 Å². The smallest absolute Gasteiger partial charge is 0.224 e. The maximum atomic E-state index is 5.98. The second-order valence-electron chi connectivity index (χ2n) is 4.46. The van der Waals surface area contributed by atoms with Crippen LogP contribution in [0.15, 0.2) is 48.5 Å². The molecule has 0 unspecified atom stereocenters. The van der Waals surface area contributed by atoms with Crippen molar-refractivity contribution in [3.05, 3.63) is 59.5 Å². The molecule has 2 aromatic carbocycles. The molecular formula is C16H13ClN2O2. The van der Waals surface area contributed by atoms with E-state index in [1.165, 1.54) is 0 Å². The third kappa shape index (κ3) is 3.12. The summed E-state index contributed by atoms with van der Waals surface area (Å²) in [5.41, 5.74) is 0. The third-order valence-corrected chi connectivity index (χ3v) is 3.15. The first kappa shape index (κ1) is 13.8. The third-order valence-electron chi connectivity index (χ3n) is 2.96. The van der Waals surface area contributed by atoms with Gasteiger partial charge in [-0.2, -0.15) is 4.98 Å². The molecule has 0 amide bonds. The van der Waals surface area contributed by atoms with Gasteiger partial charge in [0.05, 0.1) is 0 Å². The van der Waals surface area contributed by atoms with Gasteiger partial charge in [0.15, 0.2) is 5.82 Å². The summed E-state index contributed by atoms with van der Waals surface area (Å²) in [7, 11) is 1.58. The molecule has 0 saturated heterocycles. The van der Waals surface area contributed by atoms with Crippen LogP contribution in [0.4, 0.5) is 0 Å². The fourth-order valence-corrected chi connectivity index (χ4v) is 2.28. The average Bonchev–Trinajstić information content (AvgIpc) is 2.47. The first-order chi connectivity index (χ1) is 10.3. The summed E-state index contributed by atoms with van der Waals surface area (Å²) in [5, 5.41) is 2.45. The van der Waals surface area contributed by atoms with Crippen LogP contribution in [-0.4, -0.2) is 17.1 Å². The summed E-state index contributed by atoms with van der Waals surface area (Å²) in [6.45, 7) is 0.284. The Morgan fingerprint density at radius 3 is 2.71 bits per heavy atom. The van der Waals surface area contributed by atoms with Gasteiger partial charge in [0.1, 0.15) is 17.5 Å². The average molecular weight is 301 g/mol. The van der Waals surface area contributed by atoms with Gasteiger partial charge in [0.25, 0.3) is 0 Å². The fourth-order valence-electron chi connectivity index (χ4n) is 2.09. The number of aromatic nitrogens is 2. The van der Waals surface area contributed by atoms with Crippen LogP contribution < -0.4 is 4.74 Å². The second kappa shape index (κ2) is 6.08. The van der Waals surface area contributed by atoms with Crippen LogP contribution in [-0.2, 0) is 11.3 Å². The van der Waals surface area contributed by atoms with Crippen molar-refractivity contribution < 1.29 is 9.47 Å². The predicted molar refractivity (Wildman–Crippen MR) is 81.8 cm³/mol. The Bertz CT molecular complexity index is 772. The zero-order valence-corrected chi connectivity index (χ0v) is 12.2. The number of halogens is 1. The van der Waals surface area contributed by atoms with E-state index in [4.69, 9.17) is 21.1 Å². The second-order valence-corrected chi connectivity index (χ2v) is 4.84. The zero-order valence-electron chi connectivity index (χ0n) is 11.4. The zero-order chi connectivity index (χ0) is 14.7. The minimum absolute atomic E-state index is 0.284. The number of fused-ring (bicyclic) bond motifs is 1. The standard InChI is InChI=1S/C16H13ClN2O2/c1-20-10-15-18-14(17)9-16(19-15)21-13-8-4-6-11-5-2-3-7-12(11)13/h2-9H,10H2,1H3. The van der Waals surface area contributed by atoms with E-state index in [0.717, 1.165) is 16.5 Å². The highest BCUT2D eigenvalue weighted by molar-refractivity contribution is 6.29. The van der Waals surface area contributed by atoms with Gasteiger partial charge in [-0.05, 0) is 11.5 Å². The normalized spacial score (nSPS) is 10.8. The van der Waals surface area contributed by atoms with E-state index in [0.29, 0.717) is 16.9 Å². The molecule has 106 valence electrons. The summed E-state index contributed by atoms with van der Waals surface area (Å²) < 4.78 is 10.9. The Kier molecular flexibility index (Phi) is 3.99. The molecule has 0 fully saturated rings. The summed E-state index contributed by atoms with van der Waals surface area (Å²) >= 11 is 5.98. The Morgan fingerprint density at radius 2 is 1.86 bits per heavy atom. The van der Waals surface area contributed by atoms with E-state index in [9.17, 15) is 0 Å². The molecule has 0 aliphatic rings. The first-order valence-corrected chi connectivity index (χ1v) is 6.82. The van der Waals surface area contributed by atoms with Crippen molar-refractivity contribution in [3.8, 4) is 11.6 Å². The van der Waals surface area contributed by atoms with Crippen LogP contribution in [0.25, 0.3) is 10.8 Å². The van der Waals surface area contributed by atoms with Crippen LogP contribution in [0.2, 0.25) is 5.15 Å². The molecule has 0 bridgehead atoms. The first-order valence-electron chi connectivity index (χ1n) is 6.44. The van der Waals surface area contributed by atoms with Gasteiger partial charge in [-0.15, -0.1) is 0 Å². The van der Waals surface area contributed by atoms with Crippen LogP contribution in [0, 0.1) is 0 Å². The molecule has 0 aliphatic carbocycles. The van der Waals surface area contributed by atoms with Crippen molar-refractivity contribution in [2.45, 2.75) is 6.61 Å². The Hall–Kier alpha value is -2.17. The van der Waals surface area contributed by atoms with E-state index in [1.807, 2.05) is 42.5 Å². The van der Waals surface area contributed by atoms with E-state index in [2.05, 4.69) is 9.97 Å². The van der Waals surface area contributed by atoms with Gasteiger partial charge in [0, 0.05) is 18.6 Å². The number of methoxy groups -OCH3 is 1. The van der Waals surface area contributed by atoms with E-state index >= 15 is 0 Å². The molecule has 21 heavy (non-hydrogen) atoms. The van der Waals surface area contributed by atoms with Crippen LogP contribution >= 0.6 is 11.6 Å². The van der Waals surface area contributed by atoms with Crippen LogP contribution in [0.1, 0.15) is 5.82 Å². The topological polar surface area (TPSA) is 44.2 Å². The van der Waals surface area contributed by atoms with Gasteiger partial charge in [-0.3, -0.25) is 0 Å². The lowest BCUT2D eigenvalue weighted by molar-refractivity contribution is 0.177. The minimum Gasteiger partial charge on any atom is -0.438 e. The van der Waals surface area contributed by atoms with Gasteiger partial charge in [-0.25, -0.2) is 4.98 Å². The molecule has 3 aromatic rings. The minimum atomic E-state index is 0.284. The highest BCUT2D eigenvalue weighted by Gasteiger charge is 2.07. The lowest BCUT2D eigenvalue weighted by Gasteiger charge is -2.09. The summed E-state index contributed by atoms with van der Waals surface area (Å²) in [4.78, 5) is 8.36. The Balaban J connectivity index is 1.98. The summed E-state index contributed by atoms with van der Waals surface area (Å²) in [6, 6.07) is 15.5. The molecule has 4 nitrogen and oxygen atoms in total. The van der Waals surface area contributed by atoms with E-state index in [-0.39, 0.29) is 6.61 Å². The maximum Gasteiger partial charge on any atom is 0.224 e. The van der Waals surface area contributed by atoms with Crippen molar-refractivity contribution >= 4 is 22.4 Å². The van der Waals surface area contributed by atoms with Crippen molar-refractivity contribution in [1.82, 2.24) is 9.97 Å². The molecular weight excluding hydrogens is 288 g/mol. The highest BCUT2D eigenvalue weighted by Crippen LogP contribution is 2.29. The molecule has 0 radical (unpaired) electrons. The summed E-state index contributed by atoms with van der Waals surface area (Å²) in [5.74, 6) is 1.62. The number of hydrogen-bond acceptors (Lipinski definition) is 4. The van der Waals surface area contributed by atoms with Crippen molar-refractivity contribution in [2.75, 3.05) is 7.11 Å². The van der Waals surface area contributed by atoms with Gasteiger partial charge < -0.3 is 9.47 Å². The van der Waals surface area contributed by atoms with Gasteiger partial charge in [-0.1, -0.05) is 48.0 Å². The molecule has 0 spiro atoms. The highest BCUT2D eigenvalue weighted by atomic mass is 35.5. The number of rotatable bonds is 4. The molecule has 0 saturated carbocycles. The van der Waals surface area contributed by atoms with Crippen molar-refractivity contribution in [2.24, 2.45) is 0 Å². The maximum absolute atomic E-state index is 5.98. The molecule has 1 heterocycles. The van der Waals surface area contributed by atoms with Gasteiger partial charge >= 0.3 is 0 Å². The SMILES string of the molecule is COCc1nc(Cl)cc(Oc2cccc3ccccc23)n1. The molecule has 0 atom stereocenters. The molecule has 1 aromatic heterocycles. The lowest BCUT2D eigenvalue weighted by Crippen LogP contribution is -1.99. The number of ether oxygens (including phenoxy) is 2. The largest absolute Gasteiger partial charge is 0.438 e. The van der Waals surface area contributed by atoms with E-state index in [1.54, 1.807) is 13.2 Å². The van der Waals surface area contributed by atoms with Crippen molar-refractivity contribution in [1.29, 1.82) is 0 Å². The van der Waals surface area contributed by atoms with E-state index < -0.39 is 0 Å². The Labute approximate surface area is 127 Å². The molecule has 5 heteroatoms. The predicted octanol–water partition coefficient (Wildman–Crippen LogP) is 4.22. The molecule has 0 aliphatic heterocycles. The molecule has 0 N–H and O–H groups in total. The fraction of sp³-hybridized carbons (Fsp3) is 0.125. The number of hydrogen-bond donors (Lipinski definition) is 0. The monoisotopic (exact) mass is 300 g/mol. The molecule has 3 rings (SSSR count). The number of nitrogens with zero attached hydrogens (tertiary/aromatic N) is 2. The van der Waals surface area contributed by atoms with Gasteiger partial charge in [0.2, 0.25) is 5.88 Å². The summed E-state index contributed by atoms with van der Waals surface area (Å²) in [6.07, 6.45) is 0. The van der Waals surface area contributed by atoms with Crippen LogP contribution in [0.3, 0.4) is 0 Å².